The number of nitrogens with one attached hydrogen (secondary N) is 1. The highest BCUT2D eigenvalue weighted by molar-refractivity contribution is 7.18. The van der Waals surface area contributed by atoms with Crippen LogP contribution in [0.15, 0.2) is 60.9 Å². The molecule has 0 saturated heterocycles. The maximum atomic E-state index is 13.4. The van der Waals surface area contributed by atoms with Crippen LogP contribution in [0.1, 0.15) is 5.56 Å². The van der Waals surface area contributed by atoms with Gasteiger partial charge in [0.25, 0.3) is 0 Å². The largest absolute Gasteiger partial charge is 0.360 e. The zero-order valence-corrected chi connectivity index (χ0v) is 16.5. The van der Waals surface area contributed by atoms with Crippen LogP contribution in [0.25, 0.3) is 21.2 Å². The maximum Gasteiger partial charge on any atom is 0.213 e. The quantitative estimate of drug-likeness (QED) is 0.431. The summed E-state index contributed by atoms with van der Waals surface area (Å²) in [5.41, 5.74) is 8.37. The van der Waals surface area contributed by atoms with Crippen LogP contribution >= 0.6 is 22.9 Å². The Bertz CT molecular complexity index is 1100. The standard InChI is InChI=1S/C21H18ClFN4S/c22-17-5-1-13(2-6-17)7-18(24)11-26-21-27-12-19(28-21)14-3-4-15-10-25-20(23)9-16(15)8-14/h1-6,8-10,12,18H,7,11,24H2,(H,26,27)/t18-/m1/s1. The molecular weight excluding hydrogens is 395 g/mol. The molecule has 7 heteroatoms. The minimum Gasteiger partial charge on any atom is -0.360 e. The fourth-order valence-electron chi connectivity index (χ4n) is 2.97. The molecule has 2 aromatic heterocycles. The summed E-state index contributed by atoms with van der Waals surface area (Å²) in [6, 6.07) is 15.0. The second kappa shape index (κ2) is 8.22. The molecule has 0 aliphatic heterocycles. The first-order chi connectivity index (χ1) is 13.6. The first-order valence-corrected chi connectivity index (χ1v) is 10.0. The third-order valence-corrected chi connectivity index (χ3v) is 5.66. The van der Waals surface area contributed by atoms with Crippen molar-refractivity contribution in [1.82, 2.24) is 9.97 Å². The van der Waals surface area contributed by atoms with Crippen molar-refractivity contribution in [3.05, 3.63) is 77.5 Å². The lowest BCUT2D eigenvalue weighted by atomic mass is 10.1. The van der Waals surface area contributed by atoms with Crippen molar-refractivity contribution in [2.24, 2.45) is 5.73 Å². The fraction of sp³-hybridized carbons (Fsp3) is 0.143. The molecule has 2 aromatic carbocycles. The summed E-state index contributed by atoms with van der Waals surface area (Å²) in [7, 11) is 0. The van der Waals surface area contributed by atoms with Gasteiger partial charge in [0.05, 0.1) is 4.88 Å². The number of nitrogens with two attached hydrogens (primary N) is 1. The van der Waals surface area contributed by atoms with E-state index in [2.05, 4.69) is 15.3 Å². The molecule has 0 aliphatic carbocycles. The monoisotopic (exact) mass is 412 g/mol. The van der Waals surface area contributed by atoms with Crippen molar-refractivity contribution < 1.29 is 4.39 Å². The smallest absolute Gasteiger partial charge is 0.213 e. The van der Waals surface area contributed by atoms with Gasteiger partial charge in [0.2, 0.25) is 5.95 Å². The Morgan fingerprint density at radius 3 is 2.68 bits per heavy atom. The first kappa shape index (κ1) is 18.8. The first-order valence-electron chi connectivity index (χ1n) is 8.82. The van der Waals surface area contributed by atoms with E-state index in [4.69, 9.17) is 17.3 Å². The number of pyridine rings is 1. The van der Waals surface area contributed by atoms with E-state index in [1.165, 1.54) is 12.3 Å². The van der Waals surface area contributed by atoms with Crippen molar-refractivity contribution in [3.63, 3.8) is 0 Å². The van der Waals surface area contributed by atoms with E-state index in [1.807, 2.05) is 48.7 Å². The molecule has 4 nitrogen and oxygen atoms in total. The average molecular weight is 413 g/mol. The number of aromatic nitrogens is 2. The van der Waals surface area contributed by atoms with E-state index in [0.29, 0.717) is 6.54 Å². The van der Waals surface area contributed by atoms with Gasteiger partial charge in [-0.15, -0.1) is 0 Å². The zero-order valence-electron chi connectivity index (χ0n) is 14.9. The van der Waals surface area contributed by atoms with E-state index in [0.717, 1.165) is 43.4 Å². The number of hydrogen-bond acceptors (Lipinski definition) is 5. The molecule has 1 atom stereocenters. The van der Waals surface area contributed by atoms with Crippen LogP contribution in [-0.2, 0) is 6.42 Å². The molecule has 0 unspecified atom stereocenters. The molecule has 142 valence electrons. The number of benzene rings is 2. The topological polar surface area (TPSA) is 63.8 Å². The zero-order chi connectivity index (χ0) is 19.5. The summed E-state index contributed by atoms with van der Waals surface area (Å²) in [5, 5.41) is 6.55. The highest BCUT2D eigenvalue weighted by Gasteiger charge is 2.09. The Balaban J connectivity index is 1.40. The van der Waals surface area contributed by atoms with Gasteiger partial charge in [-0.2, -0.15) is 4.39 Å². The van der Waals surface area contributed by atoms with Gasteiger partial charge in [0.1, 0.15) is 0 Å². The van der Waals surface area contributed by atoms with Gasteiger partial charge >= 0.3 is 0 Å². The van der Waals surface area contributed by atoms with Gasteiger partial charge in [0.15, 0.2) is 5.13 Å². The average Bonchev–Trinajstić information content (AvgIpc) is 3.17. The van der Waals surface area contributed by atoms with Crippen molar-refractivity contribution in [1.29, 1.82) is 0 Å². The molecule has 0 saturated carbocycles. The molecule has 0 radical (unpaired) electrons. The molecular formula is C21H18ClFN4S. The molecule has 4 rings (SSSR count). The maximum absolute atomic E-state index is 13.4. The van der Waals surface area contributed by atoms with Crippen molar-refractivity contribution in [2.75, 3.05) is 11.9 Å². The molecule has 0 bridgehead atoms. The van der Waals surface area contributed by atoms with Crippen LogP contribution in [0.3, 0.4) is 0 Å². The second-order valence-corrected chi connectivity index (χ2v) is 8.04. The molecule has 4 aromatic rings. The fourth-order valence-corrected chi connectivity index (χ4v) is 3.92. The Hall–Kier alpha value is -2.54. The lowest BCUT2D eigenvalue weighted by Crippen LogP contribution is -2.31. The Morgan fingerprint density at radius 1 is 1.04 bits per heavy atom. The van der Waals surface area contributed by atoms with Crippen LogP contribution in [0.2, 0.25) is 5.02 Å². The minimum absolute atomic E-state index is 0.0373. The number of anilines is 1. The summed E-state index contributed by atoms with van der Waals surface area (Å²) in [5.74, 6) is -0.481. The number of halogens is 2. The van der Waals surface area contributed by atoms with Crippen LogP contribution in [-0.4, -0.2) is 22.6 Å². The molecule has 0 amide bonds. The third kappa shape index (κ3) is 4.47. The van der Waals surface area contributed by atoms with Gasteiger partial charge in [0, 0.05) is 41.5 Å². The van der Waals surface area contributed by atoms with Crippen molar-refractivity contribution in [2.45, 2.75) is 12.5 Å². The number of rotatable bonds is 6. The molecule has 2 heterocycles. The van der Waals surface area contributed by atoms with Gasteiger partial charge in [-0.1, -0.05) is 47.2 Å². The Labute approximate surface area is 171 Å². The summed E-state index contributed by atoms with van der Waals surface area (Å²) >= 11 is 7.45. The van der Waals surface area contributed by atoms with Crippen LogP contribution < -0.4 is 11.1 Å². The normalized spacial score (nSPS) is 12.2. The van der Waals surface area contributed by atoms with Crippen molar-refractivity contribution in [3.8, 4) is 10.4 Å². The highest BCUT2D eigenvalue weighted by Crippen LogP contribution is 2.31. The van der Waals surface area contributed by atoms with Gasteiger partial charge in [-0.3, -0.25) is 0 Å². The van der Waals surface area contributed by atoms with Crippen molar-refractivity contribution >= 4 is 38.8 Å². The lowest BCUT2D eigenvalue weighted by molar-refractivity contribution is 0.586. The molecule has 3 N–H and O–H groups in total. The minimum atomic E-state index is -0.481. The Kier molecular flexibility index (Phi) is 5.52. The molecule has 0 fully saturated rings. The highest BCUT2D eigenvalue weighted by atomic mass is 35.5. The number of nitrogens with zero attached hydrogens (tertiary/aromatic N) is 2. The predicted molar refractivity (Wildman–Crippen MR) is 114 cm³/mol. The van der Waals surface area contributed by atoms with Gasteiger partial charge in [-0.25, -0.2) is 9.97 Å². The SMILES string of the molecule is N[C@@H](CNc1ncc(-c2ccc3cnc(F)cc3c2)s1)Cc1ccc(Cl)cc1. The second-order valence-electron chi connectivity index (χ2n) is 6.57. The summed E-state index contributed by atoms with van der Waals surface area (Å²) in [6.07, 6.45) is 4.11. The summed E-state index contributed by atoms with van der Waals surface area (Å²) < 4.78 is 13.4. The van der Waals surface area contributed by atoms with Crippen LogP contribution in [0.5, 0.6) is 0 Å². The van der Waals surface area contributed by atoms with Crippen LogP contribution in [0.4, 0.5) is 9.52 Å². The van der Waals surface area contributed by atoms with E-state index in [1.54, 1.807) is 11.3 Å². The number of thiazole rings is 1. The summed E-state index contributed by atoms with van der Waals surface area (Å²) in [6.45, 7) is 0.615. The van der Waals surface area contributed by atoms with Crippen LogP contribution in [0, 0.1) is 5.95 Å². The lowest BCUT2D eigenvalue weighted by Gasteiger charge is -2.12. The predicted octanol–water partition coefficient (Wildman–Crippen LogP) is 5.13. The molecule has 28 heavy (non-hydrogen) atoms. The van der Waals surface area contributed by atoms with Gasteiger partial charge < -0.3 is 11.1 Å². The number of hydrogen-bond donors (Lipinski definition) is 2. The molecule has 0 spiro atoms. The Morgan fingerprint density at radius 2 is 1.86 bits per heavy atom. The van der Waals surface area contributed by atoms with E-state index >= 15 is 0 Å². The van der Waals surface area contributed by atoms with E-state index in [9.17, 15) is 4.39 Å². The third-order valence-electron chi connectivity index (χ3n) is 4.41. The van der Waals surface area contributed by atoms with Gasteiger partial charge in [-0.05, 0) is 41.1 Å². The number of fused-ring (bicyclic) bond motifs is 1. The molecule has 0 aliphatic rings. The summed E-state index contributed by atoms with van der Waals surface area (Å²) in [4.78, 5) is 9.12. The van der Waals surface area contributed by atoms with E-state index < -0.39 is 5.95 Å². The van der Waals surface area contributed by atoms with E-state index in [-0.39, 0.29) is 6.04 Å².